The molecule has 2 fully saturated rings. The van der Waals surface area contributed by atoms with Gasteiger partial charge < -0.3 is 15.4 Å². The maximum atomic E-state index is 12.4. The van der Waals surface area contributed by atoms with Crippen LogP contribution in [0.25, 0.3) is 0 Å². The molecule has 0 radical (unpaired) electrons. The molecule has 2 aliphatic rings. The molecule has 2 N–H and O–H groups in total. The van der Waals surface area contributed by atoms with Gasteiger partial charge >= 0.3 is 0 Å². The summed E-state index contributed by atoms with van der Waals surface area (Å²) in [5, 5.41) is 6.43. The Labute approximate surface area is 151 Å². The minimum atomic E-state index is -0.0261. The minimum Gasteiger partial charge on any atom is -0.373 e. The number of carbonyl (C=O) groups excluding carboxylic acids is 1. The first-order chi connectivity index (χ1) is 12.1. The van der Waals surface area contributed by atoms with E-state index in [1.807, 2.05) is 0 Å². The lowest BCUT2D eigenvalue weighted by Crippen LogP contribution is -2.46. The van der Waals surface area contributed by atoms with Gasteiger partial charge in [-0.25, -0.2) is 0 Å². The van der Waals surface area contributed by atoms with E-state index in [1.54, 1.807) is 0 Å². The van der Waals surface area contributed by atoms with Gasteiger partial charge in [-0.2, -0.15) is 0 Å². The van der Waals surface area contributed by atoms with Gasteiger partial charge in [-0.05, 0) is 44.4 Å². The van der Waals surface area contributed by atoms with Crippen molar-refractivity contribution in [2.45, 2.75) is 64.4 Å². The Morgan fingerprint density at radius 1 is 1.20 bits per heavy atom. The third-order valence-electron chi connectivity index (χ3n) is 5.09. The van der Waals surface area contributed by atoms with Crippen LogP contribution in [0.3, 0.4) is 0 Å². The van der Waals surface area contributed by atoms with Crippen molar-refractivity contribution in [3.05, 3.63) is 35.4 Å². The average Bonchev–Trinajstić information content (AvgIpc) is 2.60. The van der Waals surface area contributed by atoms with Gasteiger partial charge in [0.1, 0.15) is 0 Å². The molecule has 0 bridgehead atoms. The first-order valence-corrected chi connectivity index (χ1v) is 9.57. The molecule has 25 heavy (non-hydrogen) atoms. The Hall–Kier alpha value is -1.43. The fourth-order valence-electron chi connectivity index (χ4n) is 3.92. The lowest BCUT2D eigenvalue weighted by Gasteiger charge is -2.35. The summed E-state index contributed by atoms with van der Waals surface area (Å²) in [6, 6.07) is 8.40. The van der Waals surface area contributed by atoms with Crippen LogP contribution in [0.2, 0.25) is 0 Å². The molecule has 1 aromatic carbocycles. The van der Waals surface area contributed by atoms with E-state index in [1.165, 1.54) is 17.5 Å². The molecule has 0 spiro atoms. The molecule has 3 rings (SSSR count). The van der Waals surface area contributed by atoms with Crippen LogP contribution in [-0.2, 0) is 22.6 Å². The van der Waals surface area contributed by atoms with E-state index in [-0.39, 0.29) is 24.2 Å². The van der Waals surface area contributed by atoms with E-state index >= 15 is 0 Å². The molecule has 0 saturated carbocycles. The summed E-state index contributed by atoms with van der Waals surface area (Å²) >= 11 is 0. The van der Waals surface area contributed by atoms with Crippen molar-refractivity contribution in [3.63, 3.8) is 0 Å². The van der Waals surface area contributed by atoms with Gasteiger partial charge in [-0.15, -0.1) is 0 Å². The number of carbonyl (C=O) groups is 1. The molecule has 0 aliphatic carbocycles. The molecule has 3 atom stereocenters. The average molecular weight is 345 g/mol. The fraction of sp³-hybridized carbons (Fsp3) is 0.650. The summed E-state index contributed by atoms with van der Waals surface area (Å²) in [6.07, 6.45) is 3.79. The second-order valence-electron chi connectivity index (χ2n) is 7.44. The largest absolute Gasteiger partial charge is 0.373 e. The summed E-state index contributed by atoms with van der Waals surface area (Å²) < 4.78 is 5.82. The van der Waals surface area contributed by atoms with Gasteiger partial charge in [0.2, 0.25) is 5.91 Å². The summed E-state index contributed by atoms with van der Waals surface area (Å²) in [6.45, 7) is 8.63. The Morgan fingerprint density at radius 2 is 1.92 bits per heavy atom. The molecule has 2 aliphatic heterocycles. The van der Waals surface area contributed by atoms with E-state index in [0.29, 0.717) is 6.54 Å². The van der Waals surface area contributed by atoms with Gasteiger partial charge in [0.05, 0.1) is 18.2 Å². The highest BCUT2D eigenvalue weighted by molar-refractivity contribution is 5.81. The maximum absolute atomic E-state index is 12.4. The number of ether oxygens (including phenoxy) is 1. The van der Waals surface area contributed by atoms with E-state index < -0.39 is 0 Å². The van der Waals surface area contributed by atoms with Crippen LogP contribution in [0.15, 0.2) is 24.3 Å². The molecule has 2 heterocycles. The highest BCUT2D eigenvalue weighted by Crippen LogP contribution is 2.17. The van der Waals surface area contributed by atoms with Gasteiger partial charge in [0.15, 0.2) is 0 Å². The Morgan fingerprint density at radius 3 is 2.60 bits per heavy atom. The number of hydrogen-bond acceptors (Lipinski definition) is 4. The first kappa shape index (κ1) is 18.4. The second kappa shape index (κ2) is 8.79. The smallest absolute Gasteiger partial charge is 0.237 e. The van der Waals surface area contributed by atoms with Crippen LogP contribution in [0.1, 0.15) is 44.2 Å². The lowest BCUT2D eigenvalue weighted by atomic mass is 10.0. The van der Waals surface area contributed by atoms with Crippen molar-refractivity contribution in [2.75, 3.05) is 19.6 Å². The van der Waals surface area contributed by atoms with Gasteiger partial charge in [0, 0.05) is 26.2 Å². The first-order valence-electron chi connectivity index (χ1n) is 9.57. The highest BCUT2D eigenvalue weighted by atomic mass is 16.5. The van der Waals surface area contributed by atoms with Crippen molar-refractivity contribution < 1.29 is 9.53 Å². The van der Waals surface area contributed by atoms with Crippen LogP contribution in [0, 0.1) is 0 Å². The number of rotatable bonds is 5. The van der Waals surface area contributed by atoms with E-state index in [2.05, 4.69) is 53.6 Å². The number of nitrogens with one attached hydrogen (secondary N) is 2. The zero-order valence-electron chi connectivity index (χ0n) is 15.5. The normalized spacial score (nSPS) is 27.8. The van der Waals surface area contributed by atoms with Crippen molar-refractivity contribution in [1.82, 2.24) is 15.5 Å². The summed E-state index contributed by atoms with van der Waals surface area (Å²) in [7, 11) is 0. The molecule has 1 aromatic rings. The van der Waals surface area contributed by atoms with Crippen LogP contribution in [-0.4, -0.2) is 48.7 Å². The summed E-state index contributed by atoms with van der Waals surface area (Å²) in [4.78, 5) is 14.8. The minimum absolute atomic E-state index is 0.0261. The summed E-state index contributed by atoms with van der Waals surface area (Å²) in [5.41, 5.74) is 2.50. The van der Waals surface area contributed by atoms with Gasteiger partial charge in [-0.1, -0.05) is 30.7 Å². The Balaban J connectivity index is 1.57. The zero-order chi connectivity index (χ0) is 17.6. The molecule has 0 aromatic heterocycles. The van der Waals surface area contributed by atoms with E-state index in [0.717, 1.165) is 39.0 Å². The number of nitrogens with zero attached hydrogens (tertiary/aromatic N) is 1. The van der Waals surface area contributed by atoms with Crippen molar-refractivity contribution in [3.8, 4) is 0 Å². The molecule has 5 heteroatoms. The number of benzene rings is 1. The predicted octanol–water partition coefficient (Wildman–Crippen LogP) is 2.05. The van der Waals surface area contributed by atoms with Crippen LogP contribution >= 0.6 is 0 Å². The van der Waals surface area contributed by atoms with Crippen LogP contribution in [0.4, 0.5) is 0 Å². The lowest BCUT2D eigenvalue weighted by molar-refractivity contribution is -0.123. The number of hydrogen-bond donors (Lipinski definition) is 2. The third kappa shape index (κ3) is 5.27. The second-order valence-corrected chi connectivity index (χ2v) is 7.44. The SMILES string of the molecule is C[C@@H]1CN(Cc2ccccc2CNC(=O)[C@H]2CCCCN2)C[C@H](C)O1. The number of morpholine rings is 1. The van der Waals surface area contributed by atoms with E-state index in [9.17, 15) is 4.79 Å². The number of piperidine rings is 1. The topological polar surface area (TPSA) is 53.6 Å². The zero-order valence-corrected chi connectivity index (χ0v) is 15.5. The monoisotopic (exact) mass is 345 g/mol. The standard InChI is InChI=1S/C20H31N3O2/c1-15-12-23(13-16(2)25-15)14-18-8-4-3-7-17(18)11-22-20(24)19-9-5-6-10-21-19/h3-4,7-8,15-16,19,21H,5-6,9-14H2,1-2H3,(H,22,24)/t15-,16+,19-/m1/s1. The molecular formula is C20H31N3O2. The van der Waals surface area contributed by atoms with Crippen molar-refractivity contribution in [1.29, 1.82) is 0 Å². The van der Waals surface area contributed by atoms with Crippen molar-refractivity contribution >= 4 is 5.91 Å². The van der Waals surface area contributed by atoms with E-state index in [4.69, 9.17) is 4.74 Å². The Bertz CT molecular complexity index is 562. The fourth-order valence-corrected chi connectivity index (χ4v) is 3.92. The molecule has 5 nitrogen and oxygen atoms in total. The quantitative estimate of drug-likeness (QED) is 0.858. The van der Waals surface area contributed by atoms with Crippen LogP contribution in [0.5, 0.6) is 0 Å². The summed E-state index contributed by atoms with van der Waals surface area (Å²) in [5.74, 6) is 0.128. The molecule has 0 unspecified atom stereocenters. The van der Waals surface area contributed by atoms with Crippen LogP contribution < -0.4 is 10.6 Å². The maximum Gasteiger partial charge on any atom is 0.237 e. The van der Waals surface area contributed by atoms with Crippen molar-refractivity contribution in [2.24, 2.45) is 0 Å². The molecule has 1 amide bonds. The van der Waals surface area contributed by atoms with Gasteiger partial charge in [0.25, 0.3) is 0 Å². The molecular weight excluding hydrogens is 314 g/mol. The predicted molar refractivity (Wildman–Crippen MR) is 99.2 cm³/mol. The third-order valence-corrected chi connectivity index (χ3v) is 5.09. The Kier molecular flexibility index (Phi) is 6.45. The van der Waals surface area contributed by atoms with Gasteiger partial charge in [-0.3, -0.25) is 9.69 Å². The highest BCUT2D eigenvalue weighted by Gasteiger charge is 2.23. The molecule has 138 valence electrons. The number of amides is 1. The molecule has 2 saturated heterocycles.